The molecule has 30 heavy (non-hydrogen) atoms. The average molecular weight is 407 g/mol. The molecule has 0 fully saturated rings. The zero-order valence-electron chi connectivity index (χ0n) is 17.2. The second-order valence-corrected chi connectivity index (χ2v) is 8.03. The van der Waals surface area contributed by atoms with E-state index in [4.69, 9.17) is 9.47 Å². The van der Waals surface area contributed by atoms with Crippen LogP contribution in [-0.2, 0) is 6.42 Å². The summed E-state index contributed by atoms with van der Waals surface area (Å²) in [6, 6.07) is 13.1. The van der Waals surface area contributed by atoms with Crippen LogP contribution in [0.15, 0.2) is 42.5 Å². The van der Waals surface area contributed by atoms with Crippen molar-refractivity contribution < 1.29 is 13.9 Å². The molecule has 0 saturated carbocycles. The average Bonchev–Trinajstić information content (AvgIpc) is 3.15. The van der Waals surface area contributed by atoms with Gasteiger partial charge >= 0.3 is 0 Å². The Kier molecular flexibility index (Phi) is 5.17. The molecule has 1 N–H and O–H groups in total. The van der Waals surface area contributed by atoms with Crippen LogP contribution in [0, 0.1) is 12.7 Å². The minimum absolute atomic E-state index is 0.0361. The van der Waals surface area contributed by atoms with E-state index in [1.165, 1.54) is 5.56 Å². The van der Waals surface area contributed by atoms with Gasteiger partial charge in [0.2, 0.25) is 0 Å². The third-order valence-electron chi connectivity index (χ3n) is 5.83. The summed E-state index contributed by atoms with van der Waals surface area (Å²) in [6.07, 6.45) is 1.95. The molecule has 6 heteroatoms. The van der Waals surface area contributed by atoms with Crippen molar-refractivity contribution in [3.05, 3.63) is 59.5 Å². The fourth-order valence-electron chi connectivity index (χ4n) is 4.29. The molecular formula is C24H26FN3O2. The number of nitrogens with one attached hydrogen (secondary N) is 1. The summed E-state index contributed by atoms with van der Waals surface area (Å²) in [5.74, 6) is 1.41. The number of rotatable bonds is 6. The van der Waals surface area contributed by atoms with Gasteiger partial charge in [-0.15, -0.1) is 0 Å². The summed E-state index contributed by atoms with van der Waals surface area (Å²) in [7, 11) is 0. The summed E-state index contributed by atoms with van der Waals surface area (Å²) >= 11 is 0. The summed E-state index contributed by atoms with van der Waals surface area (Å²) in [6.45, 7) is 6.01. The van der Waals surface area contributed by atoms with Crippen LogP contribution >= 0.6 is 0 Å². The maximum Gasteiger partial charge on any atom is 0.171 e. The lowest BCUT2D eigenvalue weighted by atomic mass is 10.1. The molecule has 5 rings (SSSR count). The number of fused-ring (bicyclic) bond motifs is 4. The number of aromatic nitrogens is 1. The van der Waals surface area contributed by atoms with E-state index in [1.807, 2.05) is 37.3 Å². The Labute approximate surface area is 175 Å². The van der Waals surface area contributed by atoms with Crippen LogP contribution < -0.4 is 19.7 Å². The number of hydrogen-bond donors (Lipinski definition) is 1. The molecule has 1 aromatic heterocycles. The first-order chi connectivity index (χ1) is 14.7. The van der Waals surface area contributed by atoms with Gasteiger partial charge in [0.15, 0.2) is 11.5 Å². The largest absolute Gasteiger partial charge is 0.486 e. The van der Waals surface area contributed by atoms with Gasteiger partial charge in [0.1, 0.15) is 18.5 Å². The minimum atomic E-state index is -0.161. The van der Waals surface area contributed by atoms with Crippen molar-refractivity contribution in [1.29, 1.82) is 0 Å². The molecule has 2 aliphatic heterocycles. The molecule has 3 aromatic rings. The standard InChI is InChI=1S/C24H26FN3O2/c1-16-3-6-20-21(27-16)7-8-23-24(20)30-19(15-29-23)14-26-10-2-11-28-12-9-17-4-5-18(25)13-22(17)28/h3-8,13,19,26H,2,9-12,14-15H2,1H3. The van der Waals surface area contributed by atoms with Crippen molar-refractivity contribution in [2.24, 2.45) is 0 Å². The SMILES string of the molecule is Cc1ccc2c3c(ccc2n1)OCC(CNCCCN1CCc2ccc(F)cc21)O3. The number of pyridine rings is 1. The summed E-state index contributed by atoms with van der Waals surface area (Å²) < 4.78 is 25.7. The molecule has 2 aliphatic rings. The zero-order valence-corrected chi connectivity index (χ0v) is 17.2. The lowest BCUT2D eigenvalue weighted by molar-refractivity contribution is 0.0925. The minimum Gasteiger partial charge on any atom is -0.486 e. The second kappa shape index (κ2) is 8.11. The number of nitrogens with zero attached hydrogens (tertiary/aromatic N) is 2. The monoisotopic (exact) mass is 407 g/mol. The van der Waals surface area contributed by atoms with Crippen LogP contribution in [-0.4, -0.2) is 43.9 Å². The lowest BCUT2D eigenvalue weighted by Crippen LogP contribution is -2.39. The molecule has 0 aliphatic carbocycles. The fraction of sp³-hybridized carbons (Fsp3) is 0.375. The molecule has 0 saturated heterocycles. The van der Waals surface area contributed by atoms with Gasteiger partial charge in [-0.1, -0.05) is 6.07 Å². The molecule has 3 heterocycles. The Balaban J connectivity index is 1.13. The summed E-state index contributed by atoms with van der Waals surface area (Å²) in [4.78, 5) is 6.85. The normalized spacial score (nSPS) is 17.4. The van der Waals surface area contributed by atoms with Crippen LogP contribution in [0.3, 0.4) is 0 Å². The first-order valence-corrected chi connectivity index (χ1v) is 10.6. The van der Waals surface area contributed by atoms with E-state index in [0.29, 0.717) is 6.61 Å². The number of anilines is 1. The van der Waals surface area contributed by atoms with Gasteiger partial charge in [-0.2, -0.15) is 0 Å². The third kappa shape index (κ3) is 3.79. The predicted molar refractivity (Wildman–Crippen MR) is 116 cm³/mol. The van der Waals surface area contributed by atoms with Gasteiger partial charge in [0.25, 0.3) is 0 Å². The Morgan fingerprint density at radius 1 is 1.20 bits per heavy atom. The van der Waals surface area contributed by atoms with Crippen molar-refractivity contribution in [1.82, 2.24) is 10.3 Å². The molecule has 1 unspecified atom stereocenters. The van der Waals surface area contributed by atoms with Gasteiger partial charge in [-0.3, -0.25) is 4.98 Å². The van der Waals surface area contributed by atoms with E-state index in [1.54, 1.807) is 12.1 Å². The molecule has 0 amide bonds. The number of aryl methyl sites for hydroxylation is 1. The maximum atomic E-state index is 13.5. The van der Waals surface area contributed by atoms with Gasteiger partial charge in [0, 0.05) is 36.4 Å². The number of halogens is 1. The van der Waals surface area contributed by atoms with Crippen LogP contribution in [0.25, 0.3) is 10.9 Å². The number of ether oxygens (including phenoxy) is 2. The molecule has 2 aromatic carbocycles. The topological polar surface area (TPSA) is 46.6 Å². The smallest absolute Gasteiger partial charge is 0.171 e. The van der Waals surface area contributed by atoms with Crippen LogP contribution in [0.1, 0.15) is 17.7 Å². The Bertz CT molecular complexity index is 1070. The van der Waals surface area contributed by atoms with E-state index in [0.717, 1.165) is 72.8 Å². The first kappa shape index (κ1) is 19.1. The maximum absolute atomic E-state index is 13.5. The highest BCUT2D eigenvalue weighted by atomic mass is 19.1. The van der Waals surface area contributed by atoms with Crippen molar-refractivity contribution >= 4 is 16.6 Å². The van der Waals surface area contributed by atoms with Gasteiger partial charge in [-0.25, -0.2) is 4.39 Å². The highest BCUT2D eigenvalue weighted by Gasteiger charge is 2.23. The summed E-state index contributed by atoms with van der Waals surface area (Å²) in [5.41, 5.74) is 4.20. The third-order valence-corrected chi connectivity index (χ3v) is 5.83. The van der Waals surface area contributed by atoms with Crippen LogP contribution in [0.4, 0.5) is 10.1 Å². The Morgan fingerprint density at radius 2 is 2.13 bits per heavy atom. The highest BCUT2D eigenvalue weighted by Crippen LogP contribution is 2.38. The molecule has 0 radical (unpaired) electrons. The van der Waals surface area contributed by atoms with E-state index < -0.39 is 0 Å². The van der Waals surface area contributed by atoms with Crippen LogP contribution in [0.2, 0.25) is 0 Å². The van der Waals surface area contributed by atoms with Gasteiger partial charge in [-0.05, 0) is 68.3 Å². The van der Waals surface area contributed by atoms with E-state index in [9.17, 15) is 4.39 Å². The van der Waals surface area contributed by atoms with Crippen molar-refractivity contribution in [3.63, 3.8) is 0 Å². The predicted octanol–water partition coefficient (Wildman–Crippen LogP) is 3.86. The van der Waals surface area contributed by atoms with Gasteiger partial charge < -0.3 is 19.7 Å². The Morgan fingerprint density at radius 3 is 3.07 bits per heavy atom. The molecule has 0 spiro atoms. The van der Waals surface area contributed by atoms with E-state index >= 15 is 0 Å². The zero-order chi connectivity index (χ0) is 20.5. The van der Waals surface area contributed by atoms with E-state index in [2.05, 4.69) is 15.2 Å². The molecular weight excluding hydrogens is 381 g/mol. The first-order valence-electron chi connectivity index (χ1n) is 10.6. The molecule has 5 nitrogen and oxygen atoms in total. The second-order valence-electron chi connectivity index (χ2n) is 8.03. The molecule has 0 bridgehead atoms. The fourth-order valence-corrected chi connectivity index (χ4v) is 4.29. The van der Waals surface area contributed by atoms with Crippen molar-refractivity contribution in [2.75, 3.05) is 37.7 Å². The summed E-state index contributed by atoms with van der Waals surface area (Å²) in [5, 5.41) is 4.47. The van der Waals surface area contributed by atoms with Crippen LogP contribution in [0.5, 0.6) is 11.5 Å². The highest BCUT2D eigenvalue weighted by molar-refractivity contribution is 5.88. The number of benzene rings is 2. The molecule has 156 valence electrons. The van der Waals surface area contributed by atoms with E-state index in [-0.39, 0.29) is 11.9 Å². The number of hydrogen-bond acceptors (Lipinski definition) is 5. The van der Waals surface area contributed by atoms with Gasteiger partial charge in [0.05, 0.1) is 5.52 Å². The van der Waals surface area contributed by atoms with Crippen molar-refractivity contribution in [2.45, 2.75) is 25.9 Å². The quantitative estimate of drug-likeness (QED) is 0.629. The molecule has 1 atom stereocenters. The van der Waals surface area contributed by atoms with Crippen molar-refractivity contribution in [3.8, 4) is 11.5 Å². The lowest BCUT2D eigenvalue weighted by Gasteiger charge is -2.28. The Hall–Kier alpha value is -2.86.